The van der Waals surface area contributed by atoms with Gasteiger partial charge in [-0.05, 0) is 20.3 Å². The molecule has 0 radical (unpaired) electrons. The molecule has 0 saturated carbocycles. The van der Waals surface area contributed by atoms with Crippen LogP contribution >= 0.6 is 0 Å². The molecule has 0 bridgehead atoms. The molecule has 3 N–H and O–H groups in total. The number of rotatable bonds is 6. The van der Waals surface area contributed by atoms with Gasteiger partial charge < -0.3 is 9.84 Å². The second-order valence-electron chi connectivity index (χ2n) is 4.77. The number of hydrazine groups is 1. The molecule has 0 fully saturated rings. The number of hydrogen-bond acceptors (Lipinski definition) is 4. The van der Waals surface area contributed by atoms with E-state index in [-0.39, 0.29) is 24.7 Å². The first-order valence-electron chi connectivity index (χ1n) is 5.68. The molecule has 0 rings (SSSR count). The lowest BCUT2D eigenvalue weighted by molar-refractivity contribution is 0.0232. The number of carbonyl (C=O) groups is 1. The van der Waals surface area contributed by atoms with E-state index < -0.39 is 6.09 Å². The quantitative estimate of drug-likeness (QED) is 0.413. The average molecular weight is 232 g/mol. The Balaban J connectivity index is 4.16. The van der Waals surface area contributed by atoms with Crippen LogP contribution in [0.3, 0.4) is 0 Å². The summed E-state index contributed by atoms with van der Waals surface area (Å²) in [4.78, 5) is 11.4. The maximum absolute atomic E-state index is 11.4. The highest BCUT2D eigenvalue weighted by molar-refractivity contribution is 5.67. The van der Waals surface area contributed by atoms with E-state index in [4.69, 9.17) is 10.6 Å². The van der Waals surface area contributed by atoms with Gasteiger partial charge in [0, 0.05) is 11.5 Å². The van der Waals surface area contributed by atoms with Crippen molar-refractivity contribution in [3.05, 3.63) is 0 Å². The highest BCUT2D eigenvalue weighted by Crippen LogP contribution is 2.22. The maximum atomic E-state index is 11.4. The first-order valence-corrected chi connectivity index (χ1v) is 5.68. The number of nitrogens with two attached hydrogens (primary N) is 1. The van der Waals surface area contributed by atoms with Gasteiger partial charge in [0.05, 0.1) is 6.61 Å². The van der Waals surface area contributed by atoms with E-state index in [1.807, 2.05) is 13.8 Å². The summed E-state index contributed by atoms with van der Waals surface area (Å²) in [6.45, 7) is 7.72. The summed E-state index contributed by atoms with van der Waals surface area (Å²) in [6.07, 6.45) is 1.19. The fraction of sp³-hybridized carbons (Fsp3) is 0.909. The summed E-state index contributed by atoms with van der Waals surface area (Å²) in [7, 11) is 0. The van der Waals surface area contributed by atoms with E-state index in [1.165, 1.54) is 0 Å². The van der Waals surface area contributed by atoms with Crippen LogP contribution in [0.2, 0.25) is 0 Å². The number of amides is 1. The molecule has 0 saturated heterocycles. The van der Waals surface area contributed by atoms with Crippen molar-refractivity contribution in [3.63, 3.8) is 0 Å². The van der Waals surface area contributed by atoms with Gasteiger partial charge >= 0.3 is 6.09 Å². The molecule has 1 amide bonds. The molecule has 16 heavy (non-hydrogen) atoms. The van der Waals surface area contributed by atoms with Crippen molar-refractivity contribution in [1.82, 2.24) is 5.01 Å². The number of hydrogen-bond donors (Lipinski definition) is 2. The summed E-state index contributed by atoms with van der Waals surface area (Å²) >= 11 is 0. The summed E-state index contributed by atoms with van der Waals surface area (Å²) in [5.41, 5.74) is -0.373. The summed E-state index contributed by atoms with van der Waals surface area (Å²) < 4.78 is 5.08. The molecule has 0 spiro atoms. The van der Waals surface area contributed by atoms with Crippen LogP contribution in [0.25, 0.3) is 0 Å². The van der Waals surface area contributed by atoms with Crippen molar-refractivity contribution < 1.29 is 14.6 Å². The van der Waals surface area contributed by atoms with E-state index in [9.17, 15) is 9.90 Å². The van der Waals surface area contributed by atoms with Crippen LogP contribution in [-0.4, -0.2) is 35.5 Å². The highest BCUT2D eigenvalue weighted by atomic mass is 16.6. The zero-order chi connectivity index (χ0) is 12.8. The van der Waals surface area contributed by atoms with Gasteiger partial charge in [-0.15, -0.1) is 0 Å². The van der Waals surface area contributed by atoms with Crippen molar-refractivity contribution in [1.29, 1.82) is 0 Å². The van der Waals surface area contributed by atoms with Gasteiger partial charge in [-0.2, -0.15) is 0 Å². The van der Waals surface area contributed by atoms with Gasteiger partial charge in [-0.25, -0.2) is 15.6 Å². The Morgan fingerprint density at radius 2 is 2.12 bits per heavy atom. The van der Waals surface area contributed by atoms with Crippen LogP contribution in [0, 0.1) is 5.41 Å². The van der Waals surface area contributed by atoms with Gasteiger partial charge in [0.2, 0.25) is 0 Å². The summed E-state index contributed by atoms with van der Waals surface area (Å²) in [5, 5.41) is 10.3. The first kappa shape index (κ1) is 15.2. The number of aliphatic hydroxyl groups excluding tert-OH is 1. The Hall–Kier alpha value is -0.810. The fourth-order valence-electron chi connectivity index (χ4n) is 1.32. The predicted molar refractivity (Wildman–Crippen MR) is 62.6 cm³/mol. The molecular weight excluding hydrogens is 208 g/mol. The molecule has 1 unspecified atom stereocenters. The molecule has 0 aliphatic heterocycles. The molecule has 5 nitrogen and oxygen atoms in total. The number of carbonyl (C=O) groups excluding carboxylic acids is 1. The van der Waals surface area contributed by atoms with Crippen molar-refractivity contribution in [2.24, 2.45) is 11.3 Å². The third kappa shape index (κ3) is 4.81. The van der Waals surface area contributed by atoms with Crippen molar-refractivity contribution in [3.8, 4) is 0 Å². The van der Waals surface area contributed by atoms with Gasteiger partial charge in [0.25, 0.3) is 0 Å². The number of aliphatic hydroxyl groups is 1. The minimum Gasteiger partial charge on any atom is -0.448 e. The molecular formula is C11H24N2O3. The lowest BCUT2D eigenvalue weighted by Gasteiger charge is -2.28. The standard InChI is InChI=1S/C11H24N2O3/c1-5-6-11(4,7-14)8-16-10(15)13(12)9(2)3/h9,14H,5-8,12H2,1-4H3. The Labute approximate surface area is 97.5 Å². The lowest BCUT2D eigenvalue weighted by Crippen LogP contribution is -2.44. The Morgan fingerprint density at radius 3 is 2.50 bits per heavy atom. The monoisotopic (exact) mass is 232 g/mol. The van der Waals surface area contributed by atoms with Crippen LogP contribution in [0.15, 0.2) is 0 Å². The van der Waals surface area contributed by atoms with Crippen molar-refractivity contribution in [2.45, 2.75) is 46.6 Å². The van der Waals surface area contributed by atoms with Gasteiger partial charge in [0.15, 0.2) is 0 Å². The maximum Gasteiger partial charge on any atom is 0.424 e. The Morgan fingerprint density at radius 1 is 1.56 bits per heavy atom. The minimum atomic E-state index is -0.550. The molecule has 0 aromatic carbocycles. The van der Waals surface area contributed by atoms with Crippen molar-refractivity contribution in [2.75, 3.05) is 13.2 Å². The second-order valence-corrected chi connectivity index (χ2v) is 4.77. The SMILES string of the molecule is CCCC(C)(CO)COC(=O)N(N)C(C)C. The second kappa shape index (κ2) is 6.70. The third-order valence-electron chi connectivity index (χ3n) is 2.55. The largest absolute Gasteiger partial charge is 0.448 e. The number of ether oxygens (including phenoxy) is 1. The van der Waals surface area contributed by atoms with Crippen LogP contribution in [-0.2, 0) is 4.74 Å². The smallest absolute Gasteiger partial charge is 0.424 e. The topological polar surface area (TPSA) is 75.8 Å². The van der Waals surface area contributed by atoms with Gasteiger partial charge in [0.1, 0.15) is 6.61 Å². The Bertz CT molecular complexity index is 221. The lowest BCUT2D eigenvalue weighted by atomic mass is 9.88. The first-order chi connectivity index (χ1) is 7.36. The van der Waals surface area contributed by atoms with Gasteiger partial charge in [-0.3, -0.25) is 0 Å². The molecule has 0 aromatic rings. The molecule has 1 atom stereocenters. The molecule has 0 aliphatic rings. The van der Waals surface area contributed by atoms with E-state index >= 15 is 0 Å². The zero-order valence-corrected chi connectivity index (χ0v) is 10.7. The van der Waals surface area contributed by atoms with Crippen LogP contribution in [0.1, 0.15) is 40.5 Å². The van der Waals surface area contributed by atoms with E-state index in [0.717, 1.165) is 17.9 Å². The van der Waals surface area contributed by atoms with Crippen LogP contribution in [0.4, 0.5) is 4.79 Å². The average Bonchev–Trinajstić information content (AvgIpc) is 2.25. The van der Waals surface area contributed by atoms with Crippen molar-refractivity contribution >= 4 is 6.09 Å². The summed E-state index contributed by atoms with van der Waals surface area (Å²) in [6, 6.07) is -0.0981. The predicted octanol–water partition coefficient (Wildman–Crippen LogP) is 1.51. The summed E-state index contributed by atoms with van der Waals surface area (Å²) in [5.74, 6) is 5.50. The van der Waals surface area contributed by atoms with E-state index in [2.05, 4.69) is 0 Å². The minimum absolute atomic E-state index is 0.000367. The molecule has 0 aromatic heterocycles. The van der Waals surface area contributed by atoms with Gasteiger partial charge in [-0.1, -0.05) is 20.3 Å². The normalized spacial score (nSPS) is 14.7. The van der Waals surface area contributed by atoms with E-state index in [1.54, 1.807) is 13.8 Å². The molecule has 0 heterocycles. The third-order valence-corrected chi connectivity index (χ3v) is 2.55. The van der Waals surface area contributed by atoms with Crippen LogP contribution < -0.4 is 5.84 Å². The fourth-order valence-corrected chi connectivity index (χ4v) is 1.32. The molecule has 0 aliphatic carbocycles. The van der Waals surface area contributed by atoms with Crippen LogP contribution in [0.5, 0.6) is 0 Å². The highest BCUT2D eigenvalue weighted by Gasteiger charge is 2.26. The molecule has 96 valence electrons. The zero-order valence-electron chi connectivity index (χ0n) is 10.7. The number of nitrogens with zero attached hydrogens (tertiary/aromatic N) is 1. The van der Waals surface area contributed by atoms with E-state index in [0.29, 0.717) is 0 Å². The Kier molecular flexibility index (Phi) is 6.36. The molecule has 5 heteroatoms.